The van der Waals surface area contributed by atoms with E-state index in [0.717, 1.165) is 67.8 Å². The molecule has 448 valence electrons. The number of pyridine rings is 1. The third kappa shape index (κ3) is 10.0. The van der Waals surface area contributed by atoms with Crippen molar-refractivity contribution >= 4 is 68.8 Å². The lowest BCUT2D eigenvalue weighted by atomic mass is 9.78. The Hall–Kier alpha value is -9.23. The molecule has 0 amide bonds. The molecule has 4 heterocycles. The van der Waals surface area contributed by atoms with Gasteiger partial charge in [0, 0.05) is 40.8 Å². The number of aromatic nitrogens is 1. The number of rotatable bonds is 8. The first-order valence-electron chi connectivity index (χ1n) is 34.2. The van der Waals surface area contributed by atoms with Gasteiger partial charge in [0.05, 0.1) is 29.6 Å². The summed E-state index contributed by atoms with van der Waals surface area (Å²) in [7, 11) is -2.98. The quantitative estimate of drug-likeness (QED) is 0.142. The van der Waals surface area contributed by atoms with Crippen molar-refractivity contribution in [2.24, 2.45) is 0 Å². The summed E-state index contributed by atoms with van der Waals surface area (Å²) >= 11 is 0. The van der Waals surface area contributed by atoms with Gasteiger partial charge in [0.1, 0.15) is 24.0 Å². The van der Waals surface area contributed by atoms with Crippen molar-refractivity contribution in [3.8, 4) is 56.0 Å². The van der Waals surface area contributed by atoms with Crippen LogP contribution in [-0.4, -0.2) is 19.7 Å². The largest absolute Gasteiger partial charge is 0.457 e. The number of para-hydroxylation sites is 4. The zero-order chi connectivity index (χ0) is 67.2. The van der Waals surface area contributed by atoms with Gasteiger partial charge in [-0.2, -0.15) is 0 Å². The van der Waals surface area contributed by atoms with Gasteiger partial charge in [-0.15, -0.1) is 0 Å². The number of ether oxygens (including phenoxy) is 1. The van der Waals surface area contributed by atoms with E-state index in [0.29, 0.717) is 23.7 Å². The lowest BCUT2D eigenvalue weighted by Gasteiger charge is -2.43. The van der Waals surface area contributed by atoms with Crippen LogP contribution in [0.15, 0.2) is 231 Å². The van der Waals surface area contributed by atoms with E-state index in [9.17, 15) is 2.74 Å². The zero-order valence-electron chi connectivity index (χ0n) is 59.5. The molecule has 5 nitrogen and oxygen atoms in total. The van der Waals surface area contributed by atoms with Gasteiger partial charge in [-0.3, -0.25) is 4.90 Å². The molecule has 0 unspecified atom stereocenters. The van der Waals surface area contributed by atoms with E-state index in [2.05, 4.69) is 275 Å². The van der Waals surface area contributed by atoms with Crippen LogP contribution in [0.3, 0.4) is 0 Å². The minimum atomic E-state index is -2.98. The summed E-state index contributed by atoms with van der Waals surface area (Å²) in [5, 5.41) is 5.37. The molecule has 3 aliphatic rings. The highest BCUT2D eigenvalue weighted by molar-refractivity contribution is 7.23. The fraction of sp³-hybridized carbons (Fsp3) is 0.226. The highest BCUT2D eigenvalue weighted by atomic mass is 28.3. The average molecular weight is 1200 g/mol. The van der Waals surface area contributed by atoms with Crippen LogP contribution in [0, 0.1) is 13.8 Å². The van der Waals surface area contributed by atoms with E-state index in [1.54, 1.807) is 0 Å². The molecule has 0 fully saturated rings. The summed E-state index contributed by atoms with van der Waals surface area (Å²) in [6, 6.07) is 69.1. The molecule has 0 bridgehead atoms. The predicted octanol–water partition coefficient (Wildman–Crippen LogP) is 20.1. The second-order valence-corrected chi connectivity index (χ2v) is 32.8. The van der Waals surface area contributed by atoms with Gasteiger partial charge in [-0.05, 0) is 166 Å². The van der Waals surface area contributed by atoms with E-state index in [1.165, 1.54) is 59.7 Å². The van der Waals surface area contributed by atoms with Crippen molar-refractivity contribution in [1.82, 2.24) is 4.98 Å². The maximum Gasteiger partial charge on any atom is 0.185 e. The lowest BCUT2D eigenvalue weighted by molar-refractivity contribution is 0.483. The highest BCUT2D eigenvalue weighted by Gasteiger charge is 2.54. The molecular weight excluding hydrogens is 1110 g/mol. The summed E-state index contributed by atoms with van der Waals surface area (Å²) in [6.07, 6.45) is 1.95. The number of nitrogens with zero attached hydrogens (tertiary/aromatic N) is 4. The minimum Gasteiger partial charge on any atom is -0.457 e. The van der Waals surface area contributed by atoms with Crippen LogP contribution in [0.1, 0.15) is 123 Å². The zero-order valence-corrected chi connectivity index (χ0v) is 55.5. The Morgan fingerprint density at radius 2 is 0.922 bits per heavy atom. The van der Waals surface area contributed by atoms with E-state index in [4.69, 9.17) is 13.8 Å². The van der Waals surface area contributed by atoms with E-state index in [-0.39, 0.29) is 51.4 Å². The first kappa shape index (κ1) is 52.7. The normalized spacial score (nSPS) is 14.9. The van der Waals surface area contributed by atoms with Crippen molar-refractivity contribution < 1.29 is 11.6 Å². The van der Waals surface area contributed by atoms with Crippen molar-refractivity contribution in [3.05, 3.63) is 264 Å². The molecule has 3 aliphatic heterocycles. The summed E-state index contributed by atoms with van der Waals surface area (Å²) in [5.74, 6) is 2.18. The van der Waals surface area contributed by atoms with Crippen LogP contribution < -0.4 is 40.2 Å². The van der Waals surface area contributed by atoms with Crippen LogP contribution >= 0.6 is 0 Å². The maximum absolute atomic E-state index is 9.52. The predicted molar refractivity (Wildman–Crippen MR) is 384 cm³/mol. The highest BCUT2D eigenvalue weighted by Crippen LogP contribution is 2.52. The Balaban J connectivity index is 0.916. The fourth-order valence-electron chi connectivity index (χ4n) is 13.9. The van der Waals surface area contributed by atoms with Gasteiger partial charge in [0.15, 0.2) is 8.07 Å². The van der Waals surface area contributed by atoms with Gasteiger partial charge < -0.3 is 14.5 Å². The van der Waals surface area contributed by atoms with Gasteiger partial charge in [0.2, 0.25) is 0 Å². The number of aryl methyl sites for hydroxylation is 2. The Kier molecular flexibility index (Phi) is 12.6. The monoisotopic (exact) mass is 1200 g/mol. The van der Waals surface area contributed by atoms with Crippen molar-refractivity contribution in [2.45, 2.75) is 119 Å². The van der Waals surface area contributed by atoms with Gasteiger partial charge in [-0.25, -0.2) is 4.98 Å². The fourth-order valence-corrected chi connectivity index (χ4v) is 19.4. The standard InChI is InChI=1S/C84H82N4OSi/c1-54-34-37-75-69(42-54)70-43-55(2)35-38-76(70)90(75)77-33-21-20-32-73(77)88(79-50-60(40-41-85-79)81(3,4)5)74-52-66(36-39-78(74)90)89-65-27-22-26-64(51-65)86-53-87(72-31-19-18-30-71(72)86)80-67(56-24-16-15-17-25-56)28-23-29-68(80)59-44-57(45-61(48-59)82(6,7)8)58-46-62(83(9,10)11)49-63(47-58)84(12,13)14/h15-52H,53H2,1-14H3/i15D,16D,17D,24D,25D. The van der Waals surface area contributed by atoms with Crippen molar-refractivity contribution in [1.29, 1.82) is 0 Å². The number of fused-ring (bicyclic) bond motifs is 10. The molecule has 10 aromatic carbocycles. The van der Waals surface area contributed by atoms with Crippen LogP contribution in [0.5, 0.6) is 11.5 Å². The average Bonchev–Trinajstić information content (AvgIpc) is 1.57. The third-order valence-corrected chi connectivity index (χ3v) is 23.7. The van der Waals surface area contributed by atoms with Crippen LogP contribution in [0.25, 0.3) is 44.5 Å². The SMILES string of the molecule is [2H]c1c([2H])c([2H])c(-c2cccc(-c3cc(-c4cc(C(C)(C)C)cc(C(C)(C)C)c4)cc(C(C)(C)C)c3)c2N2CN(c3cccc(Oc4ccc5c(c4)N(c4cc(C(C)(C)C)ccn4)c4ccccc4[Si]54c5ccc(C)cc5-c5cc(C)ccc54)c3)c3ccccc32)c([2H])c1[2H]. The molecule has 0 radical (unpaired) electrons. The Morgan fingerprint density at radius 1 is 0.400 bits per heavy atom. The first-order valence-corrected chi connectivity index (χ1v) is 33.7. The van der Waals surface area contributed by atoms with Crippen LogP contribution in [0.2, 0.25) is 0 Å². The summed E-state index contributed by atoms with van der Waals surface area (Å²) < 4.78 is 52.9. The first-order chi connectivity index (χ1) is 45.0. The van der Waals surface area contributed by atoms with Gasteiger partial charge >= 0.3 is 0 Å². The van der Waals surface area contributed by atoms with E-state index < -0.39 is 14.1 Å². The van der Waals surface area contributed by atoms with Crippen molar-refractivity contribution in [3.63, 3.8) is 0 Å². The second-order valence-electron chi connectivity index (χ2n) is 29.2. The molecule has 0 saturated carbocycles. The smallest absolute Gasteiger partial charge is 0.185 e. The summed E-state index contributed by atoms with van der Waals surface area (Å²) in [4.78, 5) is 12.1. The molecule has 14 rings (SSSR count). The maximum atomic E-state index is 9.52. The van der Waals surface area contributed by atoms with Crippen LogP contribution in [0.4, 0.5) is 39.9 Å². The van der Waals surface area contributed by atoms with E-state index >= 15 is 0 Å². The third-order valence-electron chi connectivity index (χ3n) is 18.7. The van der Waals surface area contributed by atoms with Crippen LogP contribution in [-0.2, 0) is 21.7 Å². The van der Waals surface area contributed by atoms with Gasteiger partial charge in [-0.1, -0.05) is 252 Å². The molecule has 1 spiro atoms. The van der Waals surface area contributed by atoms with Gasteiger partial charge in [0.25, 0.3) is 0 Å². The molecule has 0 N–H and O–H groups in total. The topological polar surface area (TPSA) is 31.8 Å². The number of hydrogen-bond acceptors (Lipinski definition) is 5. The lowest BCUT2D eigenvalue weighted by Crippen LogP contribution is -2.75. The van der Waals surface area contributed by atoms with Crippen molar-refractivity contribution in [2.75, 3.05) is 21.4 Å². The molecular formula is C84H82N4OSi. The van der Waals surface area contributed by atoms with E-state index in [1.807, 2.05) is 36.5 Å². The molecule has 11 aromatic rings. The second kappa shape index (κ2) is 21.5. The minimum absolute atomic E-state index is 0.110. The molecule has 0 saturated heterocycles. The Labute approximate surface area is 542 Å². The molecule has 90 heavy (non-hydrogen) atoms. The molecule has 0 aliphatic carbocycles. The molecule has 1 aromatic heterocycles. The summed E-state index contributed by atoms with van der Waals surface area (Å²) in [6.45, 7) is 31.8. The molecule has 0 atom stereocenters. The number of anilines is 7. The number of hydrogen-bond donors (Lipinski definition) is 0. The number of benzene rings is 10. The Morgan fingerprint density at radius 3 is 1.56 bits per heavy atom. The summed E-state index contributed by atoms with van der Waals surface area (Å²) in [5.41, 5.74) is 19.6. The molecule has 6 heteroatoms. The Bertz CT molecular complexity index is 4860.